The fourth-order valence-corrected chi connectivity index (χ4v) is 13.6. The molecule has 7 heteroatoms. The van der Waals surface area contributed by atoms with E-state index in [1.54, 1.807) is 28.4 Å². The molecule has 0 bridgehead atoms. The molecule has 0 fully saturated rings. The number of methoxy groups -OCH3 is 4. The first kappa shape index (κ1) is 40.2. The second-order valence-electron chi connectivity index (χ2n) is 17.4. The molecule has 0 heterocycles. The SMILES string of the molecule is COc1ccc(C(C)(C)C)c([Si](O[Si](c2cc(OC)ccc2C(C)(C)C)c2cc(OC)ccc2C(C)(C)C)c2cc(OC)ccc2C(C)(C)C)c1. The highest BCUT2D eigenvalue weighted by molar-refractivity contribution is 6.92. The predicted molar refractivity (Wildman–Crippen MR) is 218 cm³/mol. The number of hydrogen-bond acceptors (Lipinski definition) is 5. The number of hydrogen-bond donors (Lipinski definition) is 0. The fourth-order valence-electron chi connectivity index (χ4n) is 6.58. The lowest BCUT2D eigenvalue weighted by molar-refractivity contribution is 0.414. The third-order valence-corrected chi connectivity index (χ3v) is 14.6. The summed E-state index contributed by atoms with van der Waals surface area (Å²) in [5, 5.41) is 4.70. The lowest BCUT2D eigenvalue weighted by atomic mass is 9.86. The van der Waals surface area contributed by atoms with Crippen LogP contribution < -0.4 is 39.7 Å². The molecule has 51 heavy (non-hydrogen) atoms. The van der Waals surface area contributed by atoms with Crippen LogP contribution in [-0.2, 0) is 25.8 Å². The van der Waals surface area contributed by atoms with E-state index >= 15 is 0 Å². The van der Waals surface area contributed by atoms with Crippen molar-refractivity contribution in [3.63, 3.8) is 0 Å². The van der Waals surface area contributed by atoms with Crippen LogP contribution in [0.15, 0.2) is 72.8 Å². The maximum absolute atomic E-state index is 8.12. The highest BCUT2D eigenvalue weighted by Crippen LogP contribution is 2.30. The Kier molecular flexibility index (Phi) is 12.0. The molecule has 0 saturated carbocycles. The molecule has 0 N–H and O–H groups in total. The third kappa shape index (κ3) is 9.11. The Balaban J connectivity index is 2.25. The number of benzene rings is 4. The standard InChI is InChI=1S/C44H60O5Si2/c1-41(2,3)33-21-17-29(45-13)25-37(33)50(38-26-30(46-14)18-22-34(38)42(4,5)6)49-51(39-27-31(47-15)19-23-35(39)43(7,8)9)40-28-32(48-16)20-24-36(40)44(10,11)12/h17-28H,1-16H3. The summed E-state index contributed by atoms with van der Waals surface area (Å²) >= 11 is 0. The summed E-state index contributed by atoms with van der Waals surface area (Å²) in [7, 11) is 2.88. The highest BCUT2D eigenvalue weighted by atomic mass is 28.4. The second kappa shape index (κ2) is 15.2. The van der Waals surface area contributed by atoms with Gasteiger partial charge in [-0.3, -0.25) is 0 Å². The molecule has 0 saturated heterocycles. The molecule has 0 spiro atoms. The third-order valence-electron chi connectivity index (χ3n) is 9.32. The van der Waals surface area contributed by atoms with E-state index in [0.29, 0.717) is 0 Å². The van der Waals surface area contributed by atoms with Gasteiger partial charge in [0.2, 0.25) is 0 Å². The molecule has 5 nitrogen and oxygen atoms in total. The van der Waals surface area contributed by atoms with Crippen LogP contribution in [0.3, 0.4) is 0 Å². The molecule has 0 aliphatic carbocycles. The van der Waals surface area contributed by atoms with Crippen LogP contribution in [0.1, 0.15) is 105 Å². The van der Waals surface area contributed by atoms with Gasteiger partial charge in [-0.05, 0) is 113 Å². The van der Waals surface area contributed by atoms with Crippen molar-refractivity contribution in [2.75, 3.05) is 28.4 Å². The Labute approximate surface area is 312 Å². The van der Waals surface area contributed by atoms with Gasteiger partial charge in [0.25, 0.3) is 18.1 Å². The quantitative estimate of drug-likeness (QED) is 0.156. The zero-order valence-corrected chi connectivity index (χ0v) is 36.0. The van der Waals surface area contributed by atoms with Crippen LogP contribution in [0.5, 0.6) is 23.0 Å². The van der Waals surface area contributed by atoms with Crippen LogP contribution in [0.4, 0.5) is 0 Å². The minimum atomic E-state index is -2.04. The molecule has 0 aromatic heterocycles. The van der Waals surface area contributed by atoms with Gasteiger partial charge in [-0.15, -0.1) is 0 Å². The smallest absolute Gasteiger partial charge is 0.273 e. The minimum absolute atomic E-state index is 0.159. The summed E-state index contributed by atoms with van der Waals surface area (Å²) in [5.41, 5.74) is 4.33. The van der Waals surface area contributed by atoms with E-state index in [4.69, 9.17) is 23.1 Å². The van der Waals surface area contributed by atoms with Crippen LogP contribution in [0, 0.1) is 0 Å². The second-order valence-corrected chi connectivity index (χ2v) is 21.7. The average Bonchev–Trinajstić information content (AvgIpc) is 3.06. The van der Waals surface area contributed by atoms with Gasteiger partial charge in [0, 0.05) is 0 Å². The van der Waals surface area contributed by atoms with Crippen LogP contribution >= 0.6 is 0 Å². The van der Waals surface area contributed by atoms with E-state index in [1.807, 2.05) is 0 Å². The van der Waals surface area contributed by atoms with Crippen molar-refractivity contribution in [2.45, 2.75) is 105 Å². The Morgan fingerprint density at radius 3 is 0.686 bits per heavy atom. The van der Waals surface area contributed by atoms with Gasteiger partial charge >= 0.3 is 0 Å². The van der Waals surface area contributed by atoms with Gasteiger partial charge in [-0.1, -0.05) is 107 Å². The molecule has 274 valence electrons. The van der Waals surface area contributed by atoms with Crippen LogP contribution in [-0.4, -0.2) is 46.5 Å². The Morgan fingerprint density at radius 2 is 0.529 bits per heavy atom. The topological polar surface area (TPSA) is 46.2 Å². The molecule has 4 rings (SSSR count). The molecular weight excluding hydrogens is 665 g/mol. The average molecular weight is 725 g/mol. The lowest BCUT2D eigenvalue weighted by Gasteiger charge is -2.35. The summed E-state index contributed by atoms with van der Waals surface area (Å²) < 4.78 is 31.8. The first-order valence-electron chi connectivity index (χ1n) is 17.8. The first-order valence-corrected chi connectivity index (χ1v) is 20.6. The molecule has 4 aromatic carbocycles. The van der Waals surface area contributed by atoms with Gasteiger partial charge in [-0.25, -0.2) is 0 Å². The summed E-state index contributed by atoms with van der Waals surface area (Å²) in [6.07, 6.45) is 0. The number of ether oxygens (including phenoxy) is 4. The largest absolute Gasteiger partial charge is 0.497 e. The van der Waals surface area contributed by atoms with Gasteiger partial charge in [0.15, 0.2) is 0 Å². The van der Waals surface area contributed by atoms with Gasteiger partial charge < -0.3 is 23.1 Å². The summed E-state index contributed by atoms with van der Waals surface area (Å²) in [4.78, 5) is 0. The van der Waals surface area contributed by atoms with Crippen molar-refractivity contribution >= 4 is 38.8 Å². The zero-order valence-electron chi connectivity index (χ0n) is 34.0. The van der Waals surface area contributed by atoms with Crippen LogP contribution in [0.25, 0.3) is 0 Å². The Hall–Kier alpha value is -3.53. The van der Waals surface area contributed by atoms with Crippen molar-refractivity contribution in [2.24, 2.45) is 0 Å². The summed E-state index contributed by atoms with van der Waals surface area (Å²) in [6.45, 7) is 27.3. The van der Waals surface area contributed by atoms with Crippen molar-refractivity contribution in [3.05, 3.63) is 95.1 Å². The lowest BCUT2D eigenvalue weighted by Crippen LogP contribution is -2.60. The Bertz CT molecular complexity index is 1560. The molecule has 0 atom stereocenters. The zero-order chi connectivity index (χ0) is 38.1. The van der Waals surface area contributed by atoms with E-state index in [2.05, 4.69) is 156 Å². The van der Waals surface area contributed by atoms with E-state index in [-0.39, 0.29) is 21.7 Å². The highest BCUT2D eigenvalue weighted by Gasteiger charge is 2.39. The molecule has 2 radical (unpaired) electrons. The minimum Gasteiger partial charge on any atom is -0.497 e. The molecule has 0 aliphatic heterocycles. The normalized spacial score (nSPS) is 12.7. The maximum Gasteiger partial charge on any atom is 0.273 e. The van der Waals surface area contributed by atoms with Crippen LogP contribution in [0.2, 0.25) is 0 Å². The summed E-state index contributed by atoms with van der Waals surface area (Å²) in [6, 6.07) is 26.1. The predicted octanol–water partition coefficient (Wildman–Crippen LogP) is 7.84. The Morgan fingerprint density at radius 1 is 0.333 bits per heavy atom. The van der Waals surface area contributed by atoms with E-state index < -0.39 is 18.1 Å². The summed E-state index contributed by atoms with van der Waals surface area (Å²) in [5.74, 6) is 3.25. The number of rotatable bonds is 10. The van der Waals surface area contributed by atoms with Gasteiger partial charge in [0.1, 0.15) is 23.0 Å². The monoisotopic (exact) mass is 724 g/mol. The van der Waals surface area contributed by atoms with E-state index in [0.717, 1.165) is 23.0 Å². The van der Waals surface area contributed by atoms with Crippen molar-refractivity contribution in [1.29, 1.82) is 0 Å². The molecule has 0 amide bonds. The van der Waals surface area contributed by atoms with Gasteiger partial charge in [0.05, 0.1) is 28.4 Å². The first-order chi connectivity index (χ1) is 23.6. The molecule has 0 aliphatic rings. The molecular formula is C44H60O5Si2. The van der Waals surface area contributed by atoms with Crippen molar-refractivity contribution in [1.82, 2.24) is 0 Å². The van der Waals surface area contributed by atoms with Crippen molar-refractivity contribution in [3.8, 4) is 23.0 Å². The van der Waals surface area contributed by atoms with Crippen molar-refractivity contribution < 1.29 is 23.1 Å². The van der Waals surface area contributed by atoms with E-state index in [1.165, 1.54) is 43.0 Å². The molecule has 4 aromatic rings. The van der Waals surface area contributed by atoms with Gasteiger partial charge in [-0.2, -0.15) is 0 Å². The molecule has 0 unspecified atom stereocenters. The maximum atomic E-state index is 8.12. The fraction of sp³-hybridized carbons (Fsp3) is 0.455. The van der Waals surface area contributed by atoms with E-state index in [9.17, 15) is 0 Å².